The topological polar surface area (TPSA) is 0 Å². The van der Waals surface area contributed by atoms with Gasteiger partial charge >= 0.3 is 137 Å². The summed E-state index contributed by atoms with van der Waals surface area (Å²) >= 11 is 1.90. The van der Waals surface area contributed by atoms with Crippen molar-refractivity contribution in [2.75, 3.05) is 0 Å². The molecule has 0 aromatic carbocycles. The summed E-state index contributed by atoms with van der Waals surface area (Å²) in [4.78, 5) is 0. The summed E-state index contributed by atoms with van der Waals surface area (Å²) in [5.74, 6) is 1.25. The maximum absolute atomic E-state index is 2.52. The standard InChI is InChI=1S/2C10H15.Ni/c2*1-4-9-5-6-10(7-9)8(2)3;/h2*5-8H,4H2,1-3H3;. The Balaban J connectivity index is 2.27. The fraction of sp³-hybridized carbons (Fsp3) is 0.600. The summed E-state index contributed by atoms with van der Waals surface area (Å²) in [7, 11) is 0. The van der Waals surface area contributed by atoms with E-state index in [-0.39, 0.29) is 8.77 Å². The SMILES string of the molecule is CC[C]1([Ni][C]2(CC)C=CC(C(C)C)=C2)C=CC(C(C)C)=C1. The molecule has 2 unspecified atom stereocenters. The van der Waals surface area contributed by atoms with Gasteiger partial charge in [0.25, 0.3) is 0 Å². The quantitative estimate of drug-likeness (QED) is 0.487. The van der Waals surface area contributed by atoms with Crippen molar-refractivity contribution in [3.63, 3.8) is 0 Å². The van der Waals surface area contributed by atoms with Gasteiger partial charge in [0, 0.05) is 0 Å². The molecular formula is C20H30Ni. The first-order valence-electron chi connectivity index (χ1n) is 8.30. The normalized spacial score (nSPS) is 31.6. The minimum absolute atomic E-state index is 0.190. The zero-order chi connectivity index (χ0) is 15.7. The summed E-state index contributed by atoms with van der Waals surface area (Å²) in [6.45, 7) is 13.8. The van der Waals surface area contributed by atoms with Crippen molar-refractivity contribution in [3.8, 4) is 0 Å². The Morgan fingerprint density at radius 1 is 0.810 bits per heavy atom. The first-order chi connectivity index (χ1) is 9.85. The molecule has 21 heavy (non-hydrogen) atoms. The molecule has 0 amide bonds. The molecule has 2 aliphatic carbocycles. The molecule has 0 spiro atoms. The minimum atomic E-state index is 0.190. The molecule has 0 N–H and O–H groups in total. The van der Waals surface area contributed by atoms with E-state index < -0.39 is 0 Å². The van der Waals surface area contributed by atoms with E-state index in [1.807, 2.05) is 14.4 Å². The molecule has 0 saturated carbocycles. The second-order valence-corrected chi connectivity index (χ2v) is 8.88. The van der Waals surface area contributed by atoms with E-state index in [0.717, 1.165) is 0 Å². The van der Waals surface area contributed by atoms with E-state index in [2.05, 4.69) is 78.0 Å². The molecule has 0 saturated heterocycles. The van der Waals surface area contributed by atoms with Crippen LogP contribution < -0.4 is 0 Å². The maximum atomic E-state index is 2.52. The first-order valence-corrected chi connectivity index (χ1v) is 9.29. The van der Waals surface area contributed by atoms with Crippen molar-refractivity contribution in [1.29, 1.82) is 0 Å². The van der Waals surface area contributed by atoms with Gasteiger partial charge in [-0.2, -0.15) is 0 Å². The van der Waals surface area contributed by atoms with Gasteiger partial charge in [-0.15, -0.1) is 0 Å². The number of hydrogen-bond donors (Lipinski definition) is 0. The monoisotopic (exact) mass is 328 g/mol. The Morgan fingerprint density at radius 3 is 1.43 bits per heavy atom. The Hall–Kier alpha value is -0.546. The average molecular weight is 329 g/mol. The fourth-order valence-electron chi connectivity index (χ4n) is 2.83. The molecule has 0 aromatic heterocycles. The van der Waals surface area contributed by atoms with Crippen LogP contribution in [0.1, 0.15) is 54.4 Å². The van der Waals surface area contributed by atoms with Gasteiger partial charge in [0.1, 0.15) is 0 Å². The predicted octanol–water partition coefficient (Wildman–Crippen LogP) is 6.51. The summed E-state index contributed by atoms with van der Waals surface area (Å²) in [5.41, 5.74) is 2.99. The summed E-state index contributed by atoms with van der Waals surface area (Å²) in [5, 5.41) is 0. The van der Waals surface area contributed by atoms with Gasteiger partial charge in [0.05, 0.1) is 0 Å². The molecule has 0 fully saturated rings. The van der Waals surface area contributed by atoms with Crippen LogP contribution in [-0.4, -0.2) is 0 Å². The van der Waals surface area contributed by atoms with Crippen LogP contribution in [0.25, 0.3) is 0 Å². The van der Waals surface area contributed by atoms with Crippen molar-refractivity contribution < 1.29 is 14.4 Å². The third-order valence-corrected chi connectivity index (χ3v) is 6.78. The molecule has 2 atom stereocenters. The third-order valence-electron chi connectivity index (χ3n) is 4.55. The first kappa shape index (κ1) is 16.8. The van der Waals surface area contributed by atoms with Crippen molar-refractivity contribution >= 4 is 0 Å². The van der Waals surface area contributed by atoms with Crippen LogP contribution in [0.2, 0.25) is 8.77 Å². The Kier molecular flexibility index (Phi) is 5.04. The Labute approximate surface area is 137 Å². The van der Waals surface area contributed by atoms with Crippen molar-refractivity contribution in [2.24, 2.45) is 11.8 Å². The molecule has 2 aliphatic rings. The molecule has 0 nitrogen and oxygen atoms in total. The summed E-state index contributed by atoms with van der Waals surface area (Å²) in [6.07, 6.45) is 16.9. The molecule has 0 bridgehead atoms. The predicted molar refractivity (Wildman–Crippen MR) is 90.1 cm³/mol. The van der Waals surface area contributed by atoms with Gasteiger partial charge in [-0.05, 0) is 0 Å². The van der Waals surface area contributed by atoms with Gasteiger partial charge in [-0.1, -0.05) is 0 Å². The van der Waals surface area contributed by atoms with E-state index in [1.165, 1.54) is 24.0 Å². The van der Waals surface area contributed by atoms with E-state index in [9.17, 15) is 0 Å². The Bertz CT molecular complexity index is 458. The van der Waals surface area contributed by atoms with Crippen LogP contribution in [0, 0.1) is 11.8 Å². The molecule has 2 rings (SSSR count). The van der Waals surface area contributed by atoms with Crippen LogP contribution in [0.3, 0.4) is 0 Å². The summed E-state index contributed by atoms with van der Waals surface area (Å²) in [6, 6.07) is 0. The van der Waals surface area contributed by atoms with Crippen molar-refractivity contribution in [1.82, 2.24) is 0 Å². The molecular weight excluding hydrogens is 299 g/mol. The van der Waals surface area contributed by atoms with Gasteiger partial charge in [-0.3, -0.25) is 0 Å². The van der Waals surface area contributed by atoms with Crippen LogP contribution >= 0.6 is 0 Å². The second-order valence-electron chi connectivity index (χ2n) is 6.79. The van der Waals surface area contributed by atoms with E-state index in [1.54, 1.807) is 0 Å². The fourth-order valence-corrected chi connectivity index (χ4v) is 4.83. The molecule has 0 aliphatic heterocycles. The second kappa shape index (κ2) is 6.29. The number of rotatable bonds is 6. The van der Waals surface area contributed by atoms with Crippen LogP contribution in [-0.2, 0) is 14.4 Å². The third kappa shape index (κ3) is 3.45. The van der Waals surface area contributed by atoms with E-state index >= 15 is 0 Å². The average Bonchev–Trinajstić information content (AvgIpc) is 3.05. The molecule has 0 aromatic rings. The van der Waals surface area contributed by atoms with Crippen LogP contribution in [0.4, 0.5) is 0 Å². The van der Waals surface area contributed by atoms with Gasteiger partial charge in [-0.25, -0.2) is 0 Å². The van der Waals surface area contributed by atoms with Gasteiger partial charge < -0.3 is 0 Å². The van der Waals surface area contributed by atoms with Crippen molar-refractivity contribution in [2.45, 2.75) is 63.2 Å². The zero-order valence-electron chi connectivity index (χ0n) is 14.3. The van der Waals surface area contributed by atoms with Crippen LogP contribution in [0.15, 0.2) is 47.6 Å². The zero-order valence-corrected chi connectivity index (χ0v) is 15.3. The number of allylic oxidation sites excluding steroid dienone is 8. The molecule has 120 valence electrons. The Morgan fingerprint density at radius 2 is 1.19 bits per heavy atom. The van der Waals surface area contributed by atoms with Gasteiger partial charge in [0.2, 0.25) is 0 Å². The van der Waals surface area contributed by atoms with Crippen molar-refractivity contribution in [3.05, 3.63) is 47.6 Å². The van der Waals surface area contributed by atoms with Crippen LogP contribution in [0.5, 0.6) is 0 Å². The van der Waals surface area contributed by atoms with E-state index in [0.29, 0.717) is 11.8 Å². The number of hydrogen-bond acceptors (Lipinski definition) is 0. The molecule has 0 heterocycles. The molecule has 1 heteroatoms. The summed E-state index contributed by atoms with van der Waals surface area (Å²) < 4.78 is 0.381. The van der Waals surface area contributed by atoms with Gasteiger partial charge in [0.15, 0.2) is 0 Å². The van der Waals surface area contributed by atoms with E-state index in [4.69, 9.17) is 0 Å². The molecule has 0 radical (unpaired) electrons.